The van der Waals surface area contributed by atoms with Gasteiger partial charge < -0.3 is 10.2 Å². The molecule has 0 aromatic heterocycles. The summed E-state index contributed by atoms with van der Waals surface area (Å²) in [7, 11) is 0. The molecule has 0 bridgehead atoms. The Labute approximate surface area is 121 Å². The van der Waals surface area contributed by atoms with Crippen LogP contribution in [0.15, 0.2) is 0 Å². The van der Waals surface area contributed by atoms with Gasteiger partial charge in [0.15, 0.2) is 0 Å². The second kappa shape index (κ2) is 9.61. The van der Waals surface area contributed by atoms with Crippen LogP contribution in [0, 0.1) is 0 Å². The van der Waals surface area contributed by atoms with E-state index in [2.05, 4.69) is 12.2 Å². The average Bonchev–Trinajstić information content (AvgIpc) is 2.32. The van der Waals surface area contributed by atoms with Crippen LogP contribution in [0.25, 0.3) is 0 Å². The second-order valence-electron chi connectivity index (χ2n) is 5.34. The summed E-state index contributed by atoms with van der Waals surface area (Å²) >= 11 is 1.80. The van der Waals surface area contributed by atoms with Crippen LogP contribution in [0.2, 0.25) is 0 Å². The van der Waals surface area contributed by atoms with Gasteiger partial charge in [0.05, 0.1) is 0 Å². The van der Waals surface area contributed by atoms with Gasteiger partial charge in [0.25, 0.3) is 0 Å². The van der Waals surface area contributed by atoms with E-state index in [9.17, 15) is 9.90 Å². The Hall–Kier alpha value is -0.260. The number of aliphatic carboxylic acids is 1. The van der Waals surface area contributed by atoms with Gasteiger partial charge in [0, 0.05) is 17.9 Å². The van der Waals surface area contributed by atoms with Gasteiger partial charge >= 0.3 is 5.97 Å². The molecule has 0 aromatic carbocycles. The Kier molecular flexibility index (Phi) is 9.48. The van der Waals surface area contributed by atoms with Crippen LogP contribution in [0.1, 0.15) is 53.4 Å². The zero-order chi connectivity index (χ0) is 14.9. The van der Waals surface area contributed by atoms with Crippen LogP contribution < -0.4 is 5.32 Å². The molecule has 0 saturated carbocycles. The van der Waals surface area contributed by atoms with Gasteiger partial charge in [-0.05, 0) is 45.3 Å². The third-order valence-corrected chi connectivity index (χ3v) is 4.59. The molecule has 0 heterocycles. The first-order valence-electron chi connectivity index (χ1n) is 7.11. The van der Waals surface area contributed by atoms with Gasteiger partial charge in [0.2, 0.25) is 0 Å². The molecule has 2 atom stereocenters. The van der Waals surface area contributed by atoms with Crippen LogP contribution in [-0.4, -0.2) is 45.4 Å². The molecule has 0 saturated heterocycles. The van der Waals surface area contributed by atoms with Crippen molar-refractivity contribution in [3.63, 3.8) is 0 Å². The van der Waals surface area contributed by atoms with Crippen molar-refractivity contribution in [3.05, 3.63) is 0 Å². The van der Waals surface area contributed by atoms with Crippen molar-refractivity contribution in [3.8, 4) is 0 Å². The maximum atomic E-state index is 11.5. The minimum Gasteiger partial charge on any atom is -0.480 e. The summed E-state index contributed by atoms with van der Waals surface area (Å²) in [6.07, 6.45) is 2.92. The highest BCUT2D eigenvalue weighted by Gasteiger charge is 2.36. The van der Waals surface area contributed by atoms with Gasteiger partial charge in [-0.2, -0.15) is 11.8 Å². The van der Waals surface area contributed by atoms with Gasteiger partial charge in [0.1, 0.15) is 5.54 Å². The van der Waals surface area contributed by atoms with E-state index in [1.54, 1.807) is 11.8 Å². The molecule has 0 aliphatic carbocycles. The third-order valence-electron chi connectivity index (χ3n) is 3.26. The molecule has 0 radical (unpaired) electrons. The summed E-state index contributed by atoms with van der Waals surface area (Å²) in [5.74, 6) is 0.188. The van der Waals surface area contributed by atoms with Crippen molar-refractivity contribution in [2.75, 3.05) is 12.4 Å². The Morgan fingerprint density at radius 3 is 2.42 bits per heavy atom. The number of hydrogen-bond acceptors (Lipinski definition) is 4. The molecule has 5 heteroatoms. The van der Waals surface area contributed by atoms with Crippen molar-refractivity contribution < 1.29 is 15.0 Å². The van der Waals surface area contributed by atoms with E-state index < -0.39 is 11.5 Å². The number of carboxylic acid groups (broad SMARTS) is 1. The lowest BCUT2D eigenvalue weighted by molar-refractivity contribution is -0.145. The van der Waals surface area contributed by atoms with E-state index in [1.807, 2.05) is 20.8 Å². The third kappa shape index (κ3) is 7.18. The SMILES string of the molecule is CCC(CCCSC(C)CCO)(NC(C)C)C(=O)O. The summed E-state index contributed by atoms with van der Waals surface area (Å²) in [6, 6.07) is 0.164. The van der Waals surface area contributed by atoms with E-state index in [4.69, 9.17) is 5.11 Å². The quantitative estimate of drug-likeness (QED) is 0.510. The van der Waals surface area contributed by atoms with Crippen molar-refractivity contribution in [2.45, 2.75) is 70.2 Å². The normalized spacial score (nSPS) is 16.3. The van der Waals surface area contributed by atoms with Crippen molar-refractivity contribution in [2.24, 2.45) is 0 Å². The van der Waals surface area contributed by atoms with E-state index in [-0.39, 0.29) is 12.6 Å². The first-order valence-corrected chi connectivity index (χ1v) is 8.16. The highest BCUT2D eigenvalue weighted by Crippen LogP contribution is 2.22. The van der Waals surface area contributed by atoms with Crippen LogP contribution in [0.5, 0.6) is 0 Å². The number of nitrogens with one attached hydrogen (secondary N) is 1. The molecule has 0 aliphatic rings. The fraction of sp³-hybridized carbons (Fsp3) is 0.929. The first kappa shape index (κ1) is 18.7. The molecule has 2 unspecified atom stereocenters. The molecule has 0 spiro atoms. The molecular weight excluding hydrogens is 262 g/mol. The summed E-state index contributed by atoms with van der Waals surface area (Å²) in [4.78, 5) is 11.5. The Bertz CT molecular complexity index is 261. The van der Waals surface area contributed by atoms with Crippen LogP contribution in [0.4, 0.5) is 0 Å². The average molecular weight is 291 g/mol. The molecule has 0 rings (SSSR count). The summed E-state index contributed by atoms with van der Waals surface area (Å²) in [6.45, 7) is 8.19. The Balaban J connectivity index is 4.24. The van der Waals surface area contributed by atoms with Crippen molar-refractivity contribution in [1.82, 2.24) is 5.32 Å². The van der Waals surface area contributed by atoms with E-state index in [0.717, 1.165) is 18.6 Å². The molecular formula is C14H29NO3S. The standard InChI is InChI=1S/C14H29NO3S/c1-5-14(13(17)18,15-11(2)3)8-6-10-19-12(4)7-9-16/h11-12,15-16H,5-10H2,1-4H3,(H,17,18). The largest absolute Gasteiger partial charge is 0.480 e. The van der Waals surface area contributed by atoms with Gasteiger partial charge in [-0.3, -0.25) is 10.1 Å². The molecule has 4 nitrogen and oxygen atoms in total. The smallest absolute Gasteiger partial charge is 0.323 e. The second-order valence-corrected chi connectivity index (χ2v) is 6.88. The lowest BCUT2D eigenvalue weighted by Gasteiger charge is -2.31. The fourth-order valence-corrected chi connectivity index (χ4v) is 3.13. The zero-order valence-corrected chi connectivity index (χ0v) is 13.4. The minimum absolute atomic E-state index is 0.164. The molecule has 0 aromatic rings. The van der Waals surface area contributed by atoms with Crippen molar-refractivity contribution in [1.29, 1.82) is 0 Å². The highest BCUT2D eigenvalue weighted by atomic mass is 32.2. The van der Waals surface area contributed by atoms with Crippen LogP contribution in [-0.2, 0) is 4.79 Å². The number of carboxylic acids is 1. The topological polar surface area (TPSA) is 69.6 Å². The van der Waals surface area contributed by atoms with Crippen LogP contribution in [0.3, 0.4) is 0 Å². The molecule has 0 amide bonds. The van der Waals surface area contributed by atoms with Gasteiger partial charge in [-0.25, -0.2) is 0 Å². The van der Waals surface area contributed by atoms with Crippen LogP contribution >= 0.6 is 11.8 Å². The maximum absolute atomic E-state index is 11.5. The van der Waals surface area contributed by atoms with Gasteiger partial charge in [-0.15, -0.1) is 0 Å². The molecule has 19 heavy (non-hydrogen) atoms. The highest BCUT2D eigenvalue weighted by molar-refractivity contribution is 7.99. The fourth-order valence-electron chi connectivity index (χ4n) is 2.15. The zero-order valence-electron chi connectivity index (χ0n) is 12.6. The van der Waals surface area contributed by atoms with Crippen molar-refractivity contribution >= 4 is 17.7 Å². The maximum Gasteiger partial charge on any atom is 0.323 e. The summed E-state index contributed by atoms with van der Waals surface area (Å²) < 4.78 is 0. The number of thioether (sulfide) groups is 1. The lowest BCUT2D eigenvalue weighted by Crippen LogP contribution is -2.54. The molecule has 0 fully saturated rings. The monoisotopic (exact) mass is 291 g/mol. The minimum atomic E-state index is -0.797. The number of rotatable bonds is 11. The number of aliphatic hydroxyl groups excluding tert-OH is 1. The number of hydrogen-bond donors (Lipinski definition) is 3. The molecule has 3 N–H and O–H groups in total. The molecule has 114 valence electrons. The summed E-state index contributed by atoms with van der Waals surface area (Å²) in [5, 5.41) is 21.9. The lowest BCUT2D eigenvalue weighted by atomic mass is 9.90. The van der Waals surface area contributed by atoms with E-state index in [1.165, 1.54) is 0 Å². The number of carbonyl (C=O) groups is 1. The molecule has 0 aliphatic heterocycles. The predicted octanol–water partition coefficient (Wildman–Crippen LogP) is 2.50. The first-order chi connectivity index (χ1) is 8.88. The Morgan fingerprint density at radius 2 is 2.00 bits per heavy atom. The predicted molar refractivity (Wildman–Crippen MR) is 81.8 cm³/mol. The number of aliphatic hydroxyl groups is 1. The Morgan fingerprint density at radius 1 is 1.37 bits per heavy atom. The van der Waals surface area contributed by atoms with E-state index in [0.29, 0.717) is 18.1 Å². The summed E-state index contributed by atoms with van der Waals surface area (Å²) in [5.41, 5.74) is -0.797. The van der Waals surface area contributed by atoms with E-state index >= 15 is 0 Å². The van der Waals surface area contributed by atoms with Gasteiger partial charge in [-0.1, -0.05) is 13.8 Å².